The molecule has 290 valence electrons. The fourth-order valence-electron chi connectivity index (χ4n) is 6.88. The number of hydrogen-bond donors (Lipinski definition) is 1. The Labute approximate surface area is 320 Å². The fraction of sp³-hybridized carbons (Fsp3) is 0.333. The predicted octanol–water partition coefficient (Wildman–Crippen LogP) is 2.34. The van der Waals surface area contributed by atoms with E-state index in [9.17, 15) is 24.0 Å². The second-order valence-electron chi connectivity index (χ2n) is 13.5. The maximum atomic E-state index is 13.1. The number of nitrogens with zero attached hydrogens (tertiary/aromatic N) is 7. The summed E-state index contributed by atoms with van der Waals surface area (Å²) in [6.07, 6.45) is 6.92. The summed E-state index contributed by atoms with van der Waals surface area (Å²) in [5.74, 6) is -0.627. The van der Waals surface area contributed by atoms with Crippen LogP contribution in [0.5, 0.6) is 17.2 Å². The van der Waals surface area contributed by atoms with Crippen molar-refractivity contribution in [3.63, 3.8) is 0 Å². The summed E-state index contributed by atoms with van der Waals surface area (Å²) in [5.41, 5.74) is 3.31. The molecule has 2 aliphatic heterocycles. The van der Waals surface area contributed by atoms with Gasteiger partial charge in [0.2, 0.25) is 11.8 Å². The molecule has 0 saturated carbocycles. The molecule has 0 bridgehead atoms. The van der Waals surface area contributed by atoms with Gasteiger partial charge in [0.15, 0.2) is 0 Å². The summed E-state index contributed by atoms with van der Waals surface area (Å²) >= 11 is 0. The minimum Gasteiger partial charge on any atom is -0.496 e. The van der Waals surface area contributed by atoms with Gasteiger partial charge in [-0.2, -0.15) is 0 Å². The van der Waals surface area contributed by atoms with E-state index in [1.807, 2.05) is 31.4 Å². The number of carbonyl (C=O) groups excluding carboxylic acids is 4. The van der Waals surface area contributed by atoms with Gasteiger partial charge in [0, 0.05) is 50.7 Å². The number of fused-ring (bicyclic) bond motifs is 2. The maximum Gasteiger partial charge on any atom is 0.262 e. The third kappa shape index (κ3) is 7.58. The average Bonchev–Trinajstić information content (AvgIpc) is 3.75. The lowest BCUT2D eigenvalue weighted by molar-refractivity contribution is -0.136. The number of rotatable bonds is 15. The Morgan fingerprint density at radius 3 is 2.43 bits per heavy atom. The molecule has 2 aliphatic rings. The third-order valence-electron chi connectivity index (χ3n) is 9.80. The van der Waals surface area contributed by atoms with Crippen molar-refractivity contribution in [1.82, 2.24) is 39.7 Å². The Balaban J connectivity index is 0.888. The van der Waals surface area contributed by atoms with Crippen molar-refractivity contribution in [3.8, 4) is 28.4 Å². The van der Waals surface area contributed by atoms with Crippen molar-refractivity contribution in [2.24, 2.45) is 7.05 Å². The number of hydrogen-bond acceptors (Lipinski definition) is 13. The summed E-state index contributed by atoms with van der Waals surface area (Å²) in [6, 6.07) is 9.22. The number of imide groups is 2. The maximum absolute atomic E-state index is 13.1. The van der Waals surface area contributed by atoms with Crippen LogP contribution in [-0.4, -0.2) is 105 Å². The van der Waals surface area contributed by atoms with Crippen molar-refractivity contribution in [2.45, 2.75) is 38.6 Å². The van der Waals surface area contributed by atoms with Gasteiger partial charge in [0.1, 0.15) is 35.6 Å². The van der Waals surface area contributed by atoms with Crippen LogP contribution in [-0.2, 0) is 41.1 Å². The number of aryl methyl sites for hydroxylation is 1. The number of ether oxygens (including phenoxy) is 4. The molecule has 5 heterocycles. The topological polar surface area (TPSA) is 189 Å². The van der Waals surface area contributed by atoms with Crippen LogP contribution in [0.2, 0.25) is 0 Å². The number of amides is 4. The first kappa shape index (κ1) is 37.8. The molecule has 17 heteroatoms. The van der Waals surface area contributed by atoms with Gasteiger partial charge in [-0.25, -0.2) is 4.68 Å². The summed E-state index contributed by atoms with van der Waals surface area (Å²) in [5, 5.41) is 11.8. The standard InChI is InChI=1S/C39H40N8O9/c1-44(20-31-33(53-3)15-23(16-34(31)54-4)30-21-45(2)37(50)29-18-40-10-9-26(29)30)11-13-55-14-12-46-19-24(42-43-46)22-56-25-5-6-27-28(17-25)39(52)47(38(27)51)32-7-8-35(48)41-36(32)49/h5-6,9-10,15-19,21,32H,7-8,11-14,20,22H2,1-4H3,(H,41,48,49). The van der Waals surface area contributed by atoms with E-state index in [4.69, 9.17) is 18.9 Å². The van der Waals surface area contributed by atoms with Crippen molar-refractivity contribution >= 4 is 34.4 Å². The lowest BCUT2D eigenvalue weighted by Crippen LogP contribution is -2.54. The van der Waals surface area contributed by atoms with E-state index in [2.05, 4.69) is 25.5 Å². The third-order valence-corrected chi connectivity index (χ3v) is 9.80. The van der Waals surface area contributed by atoms with E-state index in [-0.39, 0.29) is 36.1 Å². The zero-order valence-corrected chi connectivity index (χ0v) is 31.3. The number of carbonyl (C=O) groups is 4. The number of benzene rings is 2. The Bertz CT molecular complexity index is 2380. The largest absolute Gasteiger partial charge is 0.496 e. The van der Waals surface area contributed by atoms with Gasteiger partial charge in [-0.1, -0.05) is 5.21 Å². The van der Waals surface area contributed by atoms with Crippen LogP contribution in [0.25, 0.3) is 21.9 Å². The molecule has 1 fully saturated rings. The predicted molar refractivity (Wildman–Crippen MR) is 200 cm³/mol. The lowest BCUT2D eigenvalue weighted by Gasteiger charge is -2.27. The van der Waals surface area contributed by atoms with E-state index in [1.165, 1.54) is 12.1 Å². The molecule has 1 saturated heterocycles. The molecule has 1 unspecified atom stereocenters. The zero-order valence-electron chi connectivity index (χ0n) is 31.3. The Morgan fingerprint density at radius 2 is 1.68 bits per heavy atom. The van der Waals surface area contributed by atoms with E-state index < -0.39 is 29.7 Å². The highest BCUT2D eigenvalue weighted by Gasteiger charge is 2.44. The van der Waals surface area contributed by atoms with Crippen molar-refractivity contribution in [2.75, 3.05) is 41.0 Å². The highest BCUT2D eigenvalue weighted by atomic mass is 16.5. The second-order valence-corrected chi connectivity index (χ2v) is 13.5. The van der Waals surface area contributed by atoms with Crippen LogP contribution in [0.3, 0.4) is 0 Å². The molecule has 1 N–H and O–H groups in total. The minimum absolute atomic E-state index is 0.0459. The average molecular weight is 765 g/mol. The molecule has 2 aromatic carbocycles. The molecule has 56 heavy (non-hydrogen) atoms. The van der Waals surface area contributed by atoms with Gasteiger partial charge < -0.3 is 23.5 Å². The second kappa shape index (κ2) is 16.1. The summed E-state index contributed by atoms with van der Waals surface area (Å²) < 4.78 is 26.6. The van der Waals surface area contributed by atoms with Gasteiger partial charge >= 0.3 is 0 Å². The van der Waals surface area contributed by atoms with E-state index in [1.54, 1.807) is 55.2 Å². The highest BCUT2D eigenvalue weighted by molar-refractivity contribution is 6.23. The lowest BCUT2D eigenvalue weighted by atomic mass is 9.99. The Hall–Kier alpha value is -6.46. The van der Waals surface area contributed by atoms with Gasteiger partial charge in [0.05, 0.1) is 62.3 Å². The van der Waals surface area contributed by atoms with E-state index in [0.29, 0.717) is 61.2 Å². The van der Waals surface area contributed by atoms with Crippen LogP contribution in [0.1, 0.15) is 44.8 Å². The van der Waals surface area contributed by atoms with Gasteiger partial charge in [-0.15, -0.1) is 5.10 Å². The van der Waals surface area contributed by atoms with Crippen molar-refractivity contribution < 1.29 is 38.1 Å². The molecular formula is C39H40N8O9. The Kier molecular flexibility index (Phi) is 10.9. The van der Waals surface area contributed by atoms with Crippen LogP contribution in [0.15, 0.2) is 66.0 Å². The van der Waals surface area contributed by atoms with E-state index >= 15 is 0 Å². The quantitative estimate of drug-likeness (QED) is 0.121. The molecule has 17 nitrogen and oxygen atoms in total. The summed E-state index contributed by atoms with van der Waals surface area (Å²) in [6.45, 7) is 2.54. The minimum atomic E-state index is -1.04. The van der Waals surface area contributed by atoms with Gasteiger partial charge in [0.25, 0.3) is 17.4 Å². The summed E-state index contributed by atoms with van der Waals surface area (Å²) in [7, 11) is 6.94. The number of methoxy groups -OCH3 is 2. The fourth-order valence-corrected chi connectivity index (χ4v) is 6.88. The van der Waals surface area contributed by atoms with Gasteiger partial charge in [-0.3, -0.25) is 44.1 Å². The number of nitrogens with one attached hydrogen (secondary N) is 1. The van der Waals surface area contributed by atoms with Crippen LogP contribution in [0.4, 0.5) is 0 Å². The van der Waals surface area contributed by atoms with E-state index in [0.717, 1.165) is 27.0 Å². The normalized spacial score (nSPS) is 15.4. The summed E-state index contributed by atoms with van der Waals surface area (Å²) in [4.78, 5) is 69.8. The molecular weight excluding hydrogens is 724 g/mol. The smallest absolute Gasteiger partial charge is 0.262 e. The molecule has 0 aliphatic carbocycles. The van der Waals surface area contributed by atoms with Crippen LogP contribution in [0, 0.1) is 0 Å². The molecule has 1 atom stereocenters. The number of piperidine rings is 1. The first-order chi connectivity index (χ1) is 27.1. The van der Waals surface area contributed by atoms with Crippen LogP contribution < -0.4 is 25.1 Å². The zero-order chi connectivity index (χ0) is 39.5. The first-order valence-electron chi connectivity index (χ1n) is 17.9. The van der Waals surface area contributed by atoms with Crippen molar-refractivity contribution in [3.05, 3.63) is 93.9 Å². The highest BCUT2D eigenvalue weighted by Crippen LogP contribution is 2.38. The Morgan fingerprint density at radius 1 is 0.911 bits per heavy atom. The monoisotopic (exact) mass is 764 g/mol. The van der Waals surface area contributed by atoms with Crippen LogP contribution >= 0.6 is 0 Å². The molecule has 5 aromatic rings. The molecule has 0 spiro atoms. The molecule has 0 radical (unpaired) electrons. The molecule has 3 aromatic heterocycles. The molecule has 4 amide bonds. The SMILES string of the molecule is COc1cc(-c2cn(C)c(=O)c3cnccc23)cc(OC)c1CN(C)CCOCCn1cc(COc2ccc3c(c2)C(=O)N(C2CCC(=O)NC2=O)C3=O)nn1. The van der Waals surface area contributed by atoms with Gasteiger partial charge in [-0.05, 0) is 60.8 Å². The number of likely N-dealkylation sites (N-methyl/N-ethyl adjacent to an activating group) is 1. The van der Waals surface area contributed by atoms with Crippen molar-refractivity contribution in [1.29, 1.82) is 0 Å². The molecule has 7 rings (SSSR count). The first-order valence-corrected chi connectivity index (χ1v) is 17.9. The number of pyridine rings is 2. The number of aromatic nitrogens is 5.